The Bertz CT molecular complexity index is 1310. The lowest BCUT2D eigenvalue weighted by molar-refractivity contribution is 0.0323. The van der Waals surface area contributed by atoms with Crippen LogP contribution in [0.5, 0.6) is 5.75 Å². The average molecular weight is 502 g/mol. The molecule has 2 aromatic heterocycles. The van der Waals surface area contributed by atoms with Crippen molar-refractivity contribution in [1.82, 2.24) is 19.9 Å². The molecular formula is C23H21ClFN5O3S. The van der Waals surface area contributed by atoms with Crippen molar-refractivity contribution in [3.8, 4) is 17.1 Å². The number of nitrogens with one attached hydrogen (secondary N) is 2. The van der Waals surface area contributed by atoms with Gasteiger partial charge in [-0.05, 0) is 24.3 Å². The molecule has 3 heterocycles. The molecule has 4 aromatic rings. The third-order valence-corrected chi connectivity index (χ3v) is 6.40. The lowest BCUT2D eigenvalue weighted by Gasteiger charge is -2.26. The number of rotatable bonds is 7. The van der Waals surface area contributed by atoms with Crippen LogP contribution in [0, 0.1) is 5.82 Å². The van der Waals surface area contributed by atoms with Gasteiger partial charge in [0.2, 0.25) is 0 Å². The molecule has 8 nitrogen and oxygen atoms in total. The molecule has 176 valence electrons. The highest BCUT2D eigenvalue weighted by Crippen LogP contribution is 2.37. The van der Waals surface area contributed by atoms with Gasteiger partial charge in [0.1, 0.15) is 29.5 Å². The van der Waals surface area contributed by atoms with E-state index in [1.165, 1.54) is 23.5 Å². The molecule has 0 bridgehead atoms. The maximum atomic E-state index is 14.3. The van der Waals surface area contributed by atoms with Gasteiger partial charge in [-0.2, -0.15) is 0 Å². The first-order valence-corrected chi connectivity index (χ1v) is 12.0. The maximum Gasteiger partial charge on any atom is 0.259 e. The van der Waals surface area contributed by atoms with Gasteiger partial charge in [0.25, 0.3) is 5.91 Å². The lowest BCUT2D eigenvalue weighted by Crippen LogP contribution is -2.38. The molecule has 0 saturated carbocycles. The van der Waals surface area contributed by atoms with Crippen LogP contribution in [0.25, 0.3) is 22.4 Å². The number of aromatic amines is 1. The smallest absolute Gasteiger partial charge is 0.259 e. The predicted octanol–water partition coefficient (Wildman–Crippen LogP) is 4.44. The minimum Gasteiger partial charge on any atom is -0.490 e. The lowest BCUT2D eigenvalue weighted by atomic mass is 10.1. The molecular weight excluding hydrogens is 481 g/mol. The van der Waals surface area contributed by atoms with Crippen molar-refractivity contribution in [2.45, 2.75) is 0 Å². The van der Waals surface area contributed by atoms with Crippen LogP contribution in [0.1, 0.15) is 10.4 Å². The Balaban J connectivity index is 1.44. The van der Waals surface area contributed by atoms with Crippen LogP contribution in [-0.2, 0) is 4.74 Å². The molecule has 1 aliphatic rings. The molecule has 0 spiro atoms. The Morgan fingerprint density at radius 1 is 1.32 bits per heavy atom. The van der Waals surface area contributed by atoms with Gasteiger partial charge in [0.15, 0.2) is 5.13 Å². The summed E-state index contributed by atoms with van der Waals surface area (Å²) >= 11 is 7.68. The summed E-state index contributed by atoms with van der Waals surface area (Å²) in [5.41, 5.74) is 1.83. The highest BCUT2D eigenvalue weighted by molar-refractivity contribution is 7.13. The maximum absolute atomic E-state index is 14.3. The number of fused-ring (bicyclic) bond motifs is 1. The van der Waals surface area contributed by atoms with Crippen molar-refractivity contribution in [2.24, 2.45) is 0 Å². The summed E-state index contributed by atoms with van der Waals surface area (Å²) in [5.74, 6) is -0.156. The number of imidazole rings is 1. The Kier molecular flexibility index (Phi) is 6.73. The fraction of sp³-hybridized carbons (Fsp3) is 0.261. The zero-order chi connectivity index (χ0) is 23.5. The number of H-pyrrole nitrogens is 1. The fourth-order valence-electron chi connectivity index (χ4n) is 3.78. The molecule has 1 fully saturated rings. The largest absolute Gasteiger partial charge is 0.490 e. The van der Waals surface area contributed by atoms with Gasteiger partial charge in [-0.1, -0.05) is 17.7 Å². The number of hydrogen-bond acceptors (Lipinski definition) is 7. The number of ether oxygens (including phenoxy) is 2. The SMILES string of the molecule is O=C(Nc1nccs1)c1cccc2[nH]c(-c3cc(F)cc(Cl)c3OCCN3CCOCC3)nc12. The fourth-order valence-corrected chi connectivity index (χ4v) is 4.56. The van der Waals surface area contributed by atoms with Crippen LogP contribution in [0.2, 0.25) is 5.02 Å². The second-order valence-electron chi connectivity index (χ2n) is 7.65. The van der Waals surface area contributed by atoms with Crippen molar-refractivity contribution >= 4 is 45.0 Å². The number of amides is 1. The third kappa shape index (κ3) is 4.90. The zero-order valence-corrected chi connectivity index (χ0v) is 19.6. The number of thiazole rings is 1. The van der Waals surface area contributed by atoms with Crippen molar-refractivity contribution in [3.63, 3.8) is 0 Å². The molecule has 0 aliphatic carbocycles. The van der Waals surface area contributed by atoms with Crippen LogP contribution >= 0.6 is 22.9 Å². The van der Waals surface area contributed by atoms with Crippen molar-refractivity contribution in [3.05, 3.63) is 58.3 Å². The first kappa shape index (κ1) is 22.7. The molecule has 0 atom stereocenters. The highest BCUT2D eigenvalue weighted by Gasteiger charge is 2.20. The summed E-state index contributed by atoms with van der Waals surface area (Å²) in [6.07, 6.45) is 1.61. The Morgan fingerprint density at radius 2 is 2.18 bits per heavy atom. The van der Waals surface area contributed by atoms with Crippen molar-refractivity contribution < 1.29 is 18.7 Å². The van der Waals surface area contributed by atoms with Gasteiger partial charge in [0, 0.05) is 31.2 Å². The molecule has 1 amide bonds. The zero-order valence-electron chi connectivity index (χ0n) is 18.0. The molecule has 1 aliphatic heterocycles. The number of morpholine rings is 1. The predicted molar refractivity (Wildman–Crippen MR) is 129 cm³/mol. The molecule has 1 saturated heterocycles. The van der Waals surface area contributed by atoms with E-state index < -0.39 is 5.82 Å². The van der Waals surface area contributed by atoms with Crippen LogP contribution in [0.3, 0.4) is 0 Å². The quantitative estimate of drug-likeness (QED) is 0.389. The summed E-state index contributed by atoms with van der Waals surface area (Å²) in [4.78, 5) is 26.9. The molecule has 2 aromatic carbocycles. The topological polar surface area (TPSA) is 92.4 Å². The number of para-hydroxylation sites is 1. The first-order chi connectivity index (χ1) is 16.6. The van der Waals surface area contributed by atoms with E-state index in [9.17, 15) is 9.18 Å². The van der Waals surface area contributed by atoms with Gasteiger partial charge in [-0.3, -0.25) is 15.0 Å². The van der Waals surface area contributed by atoms with E-state index in [0.717, 1.165) is 13.1 Å². The first-order valence-electron chi connectivity index (χ1n) is 10.7. The standard InChI is InChI=1S/C23H21ClFN5O3S/c24-17-13-14(25)12-16(20(17)33-10-7-30-5-8-32-9-6-30)21-27-18-3-1-2-15(19(18)28-21)22(31)29-23-26-4-11-34-23/h1-4,11-13H,5-10H2,(H,27,28)(H,26,29,31). The minimum atomic E-state index is -0.511. The van der Waals surface area contributed by atoms with E-state index in [4.69, 9.17) is 21.1 Å². The number of aromatic nitrogens is 3. The second-order valence-corrected chi connectivity index (χ2v) is 8.95. The second kappa shape index (κ2) is 10.1. The number of benzene rings is 2. The Labute approximate surface area is 203 Å². The van der Waals surface area contributed by atoms with E-state index in [1.807, 2.05) is 0 Å². The average Bonchev–Trinajstić information content (AvgIpc) is 3.50. The van der Waals surface area contributed by atoms with Crippen molar-refractivity contribution in [2.75, 3.05) is 44.8 Å². The minimum absolute atomic E-state index is 0.152. The number of anilines is 1. The van der Waals surface area contributed by atoms with E-state index >= 15 is 0 Å². The van der Waals surface area contributed by atoms with Gasteiger partial charge >= 0.3 is 0 Å². The molecule has 5 rings (SSSR count). The van der Waals surface area contributed by atoms with Gasteiger partial charge in [-0.25, -0.2) is 14.4 Å². The van der Waals surface area contributed by atoms with Gasteiger partial charge in [-0.15, -0.1) is 11.3 Å². The highest BCUT2D eigenvalue weighted by atomic mass is 35.5. The van der Waals surface area contributed by atoms with E-state index in [-0.39, 0.29) is 10.9 Å². The monoisotopic (exact) mass is 501 g/mol. The third-order valence-electron chi connectivity index (χ3n) is 5.43. The number of carbonyl (C=O) groups excluding carboxylic acids is 1. The summed E-state index contributed by atoms with van der Waals surface area (Å²) in [5, 5.41) is 5.18. The summed E-state index contributed by atoms with van der Waals surface area (Å²) in [7, 11) is 0. The normalized spacial score (nSPS) is 14.4. The van der Waals surface area contributed by atoms with Crippen LogP contribution in [-0.4, -0.2) is 65.2 Å². The van der Waals surface area contributed by atoms with Crippen molar-refractivity contribution in [1.29, 1.82) is 0 Å². The number of hydrogen-bond donors (Lipinski definition) is 2. The Morgan fingerprint density at radius 3 is 2.97 bits per heavy atom. The number of nitrogens with zero attached hydrogens (tertiary/aromatic N) is 3. The molecule has 11 heteroatoms. The van der Waals surface area contributed by atoms with Crippen LogP contribution < -0.4 is 10.1 Å². The van der Waals surface area contributed by atoms with Crippen LogP contribution in [0.15, 0.2) is 41.9 Å². The summed E-state index contributed by atoms with van der Waals surface area (Å²) in [6, 6.07) is 7.76. The number of carbonyl (C=O) groups is 1. The summed E-state index contributed by atoms with van der Waals surface area (Å²) in [6.45, 7) is 4.13. The van der Waals surface area contributed by atoms with Crippen LogP contribution in [0.4, 0.5) is 9.52 Å². The number of halogens is 2. The van der Waals surface area contributed by atoms with Gasteiger partial charge in [0.05, 0.1) is 34.9 Å². The van der Waals surface area contributed by atoms with E-state index in [2.05, 4.69) is 25.2 Å². The summed E-state index contributed by atoms with van der Waals surface area (Å²) < 4.78 is 25.7. The van der Waals surface area contributed by atoms with Gasteiger partial charge < -0.3 is 14.5 Å². The molecule has 0 radical (unpaired) electrons. The van der Waals surface area contributed by atoms with E-state index in [1.54, 1.807) is 29.8 Å². The molecule has 34 heavy (non-hydrogen) atoms. The molecule has 0 unspecified atom stereocenters. The molecule has 2 N–H and O–H groups in total. The van der Waals surface area contributed by atoms with E-state index in [0.29, 0.717) is 65.2 Å². The Hall–Kier alpha value is -3.05.